The van der Waals surface area contributed by atoms with Gasteiger partial charge in [-0.15, -0.1) is 0 Å². The fourth-order valence-corrected chi connectivity index (χ4v) is 1.87. The lowest BCUT2D eigenvalue weighted by atomic mass is 10.1. The summed E-state index contributed by atoms with van der Waals surface area (Å²) >= 11 is 0. The van der Waals surface area contributed by atoms with Crippen molar-refractivity contribution in [2.75, 3.05) is 0 Å². The Hall–Kier alpha value is -1.57. The van der Waals surface area contributed by atoms with E-state index in [1.807, 2.05) is 18.3 Å². The molecular weight excluding hydrogens is 196 g/mol. The van der Waals surface area contributed by atoms with Crippen molar-refractivity contribution in [2.24, 2.45) is 5.92 Å². The molecule has 0 aliphatic rings. The van der Waals surface area contributed by atoms with Gasteiger partial charge in [-0.1, -0.05) is 19.9 Å². The summed E-state index contributed by atoms with van der Waals surface area (Å²) in [5.74, 6) is 0.692. The number of aromatic nitrogens is 2. The van der Waals surface area contributed by atoms with E-state index in [2.05, 4.69) is 47.8 Å². The summed E-state index contributed by atoms with van der Waals surface area (Å²) in [6, 6.07) is 10.4. The molecule has 0 N–H and O–H groups in total. The Morgan fingerprint density at radius 3 is 2.75 bits per heavy atom. The summed E-state index contributed by atoms with van der Waals surface area (Å²) in [6.45, 7) is 5.37. The standard InChI is InChI=1S/C14H18N2/c1-12(2)10-14-7-5-9-16(14)11-13-6-3-4-8-15-13/h3-9,12H,10-11H2,1-2H3. The van der Waals surface area contributed by atoms with Crippen LogP contribution in [0, 0.1) is 5.92 Å². The van der Waals surface area contributed by atoms with Gasteiger partial charge in [0.05, 0.1) is 12.2 Å². The summed E-state index contributed by atoms with van der Waals surface area (Å²) in [5.41, 5.74) is 2.50. The van der Waals surface area contributed by atoms with Crippen molar-refractivity contribution in [1.29, 1.82) is 0 Å². The zero-order chi connectivity index (χ0) is 11.4. The second-order valence-corrected chi connectivity index (χ2v) is 4.55. The van der Waals surface area contributed by atoms with Crippen LogP contribution in [0.2, 0.25) is 0 Å². The highest BCUT2D eigenvalue weighted by Crippen LogP contribution is 2.11. The maximum Gasteiger partial charge on any atom is 0.0645 e. The molecule has 0 aliphatic carbocycles. The van der Waals surface area contributed by atoms with Crippen molar-refractivity contribution < 1.29 is 0 Å². The summed E-state index contributed by atoms with van der Waals surface area (Å²) in [6.07, 6.45) is 5.10. The van der Waals surface area contributed by atoms with Crippen molar-refractivity contribution in [3.63, 3.8) is 0 Å². The van der Waals surface area contributed by atoms with Crippen molar-refractivity contribution in [3.8, 4) is 0 Å². The molecule has 0 unspecified atom stereocenters. The molecule has 84 valence electrons. The molecule has 16 heavy (non-hydrogen) atoms. The van der Waals surface area contributed by atoms with E-state index in [0.29, 0.717) is 5.92 Å². The fourth-order valence-electron chi connectivity index (χ4n) is 1.87. The molecule has 0 saturated heterocycles. The molecule has 0 aliphatic heterocycles. The van der Waals surface area contributed by atoms with Crippen molar-refractivity contribution in [2.45, 2.75) is 26.8 Å². The SMILES string of the molecule is CC(C)Cc1cccn1Cc1ccccn1. The molecular formula is C14H18N2. The predicted octanol–water partition coefficient (Wildman–Crippen LogP) is 3.13. The molecule has 2 nitrogen and oxygen atoms in total. The zero-order valence-corrected chi connectivity index (χ0v) is 9.93. The summed E-state index contributed by atoms with van der Waals surface area (Å²) in [4.78, 5) is 4.35. The summed E-state index contributed by atoms with van der Waals surface area (Å²) in [7, 11) is 0. The van der Waals surface area contributed by atoms with Crippen LogP contribution in [0.25, 0.3) is 0 Å². The van der Waals surface area contributed by atoms with E-state index < -0.39 is 0 Å². The van der Waals surface area contributed by atoms with Gasteiger partial charge in [-0.25, -0.2) is 0 Å². The smallest absolute Gasteiger partial charge is 0.0645 e. The van der Waals surface area contributed by atoms with Gasteiger partial charge < -0.3 is 4.57 Å². The van der Waals surface area contributed by atoms with Crippen LogP contribution >= 0.6 is 0 Å². The number of hydrogen-bond acceptors (Lipinski definition) is 1. The zero-order valence-electron chi connectivity index (χ0n) is 9.93. The van der Waals surface area contributed by atoms with Crippen LogP contribution in [-0.4, -0.2) is 9.55 Å². The molecule has 0 saturated carbocycles. The second kappa shape index (κ2) is 4.97. The van der Waals surface area contributed by atoms with Gasteiger partial charge in [0.15, 0.2) is 0 Å². The van der Waals surface area contributed by atoms with Gasteiger partial charge in [0.2, 0.25) is 0 Å². The minimum Gasteiger partial charge on any atom is -0.346 e. The lowest BCUT2D eigenvalue weighted by molar-refractivity contribution is 0.601. The molecule has 2 aromatic heterocycles. The Morgan fingerprint density at radius 1 is 1.19 bits per heavy atom. The third-order valence-electron chi connectivity index (χ3n) is 2.60. The van der Waals surface area contributed by atoms with Gasteiger partial charge in [-0.05, 0) is 36.6 Å². The topological polar surface area (TPSA) is 17.8 Å². The number of nitrogens with zero attached hydrogens (tertiary/aromatic N) is 2. The van der Waals surface area contributed by atoms with Crippen LogP contribution in [-0.2, 0) is 13.0 Å². The number of rotatable bonds is 4. The van der Waals surface area contributed by atoms with Crippen molar-refractivity contribution in [1.82, 2.24) is 9.55 Å². The fraction of sp³-hybridized carbons (Fsp3) is 0.357. The first-order chi connectivity index (χ1) is 7.75. The van der Waals surface area contributed by atoms with E-state index in [9.17, 15) is 0 Å². The molecule has 0 radical (unpaired) electrons. The molecule has 0 fully saturated rings. The van der Waals surface area contributed by atoms with Gasteiger partial charge in [0.25, 0.3) is 0 Å². The van der Waals surface area contributed by atoms with Gasteiger partial charge in [-0.2, -0.15) is 0 Å². The van der Waals surface area contributed by atoms with E-state index in [0.717, 1.165) is 18.7 Å². The number of hydrogen-bond donors (Lipinski definition) is 0. The first kappa shape index (κ1) is 10.9. The summed E-state index contributed by atoms with van der Waals surface area (Å²) in [5, 5.41) is 0. The molecule has 2 heteroatoms. The van der Waals surface area contributed by atoms with E-state index in [1.54, 1.807) is 0 Å². The minimum atomic E-state index is 0.692. The quantitative estimate of drug-likeness (QED) is 0.764. The molecule has 0 bridgehead atoms. The largest absolute Gasteiger partial charge is 0.346 e. The van der Waals surface area contributed by atoms with Gasteiger partial charge in [-0.3, -0.25) is 4.98 Å². The first-order valence-electron chi connectivity index (χ1n) is 5.79. The van der Waals surface area contributed by atoms with Crippen molar-refractivity contribution in [3.05, 3.63) is 54.1 Å². The Kier molecular flexibility index (Phi) is 3.40. The lowest BCUT2D eigenvalue weighted by Crippen LogP contribution is -2.06. The molecule has 0 atom stereocenters. The van der Waals surface area contributed by atoms with Crippen LogP contribution in [0.5, 0.6) is 0 Å². The van der Waals surface area contributed by atoms with Crippen molar-refractivity contribution >= 4 is 0 Å². The highest BCUT2D eigenvalue weighted by molar-refractivity contribution is 5.12. The van der Waals surface area contributed by atoms with Gasteiger partial charge >= 0.3 is 0 Å². The van der Waals surface area contributed by atoms with Gasteiger partial charge in [0.1, 0.15) is 0 Å². The van der Waals surface area contributed by atoms with Crippen LogP contribution in [0.1, 0.15) is 25.2 Å². The van der Waals surface area contributed by atoms with Gasteiger partial charge in [0, 0.05) is 18.1 Å². The highest BCUT2D eigenvalue weighted by atomic mass is 15.0. The normalized spacial score (nSPS) is 10.9. The van der Waals surface area contributed by atoms with Crippen LogP contribution < -0.4 is 0 Å². The molecule has 2 aromatic rings. The van der Waals surface area contributed by atoms with Crippen LogP contribution in [0.3, 0.4) is 0 Å². The van der Waals surface area contributed by atoms with E-state index >= 15 is 0 Å². The number of pyridine rings is 1. The third-order valence-corrected chi connectivity index (χ3v) is 2.60. The maximum atomic E-state index is 4.35. The molecule has 0 amide bonds. The van der Waals surface area contributed by atoms with E-state index in [1.165, 1.54) is 5.69 Å². The third kappa shape index (κ3) is 2.72. The average molecular weight is 214 g/mol. The Morgan fingerprint density at radius 2 is 2.06 bits per heavy atom. The molecule has 2 rings (SSSR count). The average Bonchev–Trinajstić information content (AvgIpc) is 2.66. The minimum absolute atomic E-state index is 0.692. The molecule has 2 heterocycles. The Labute approximate surface area is 97.0 Å². The lowest BCUT2D eigenvalue weighted by Gasteiger charge is -2.10. The maximum absolute atomic E-state index is 4.35. The Balaban J connectivity index is 2.13. The van der Waals surface area contributed by atoms with Crippen LogP contribution in [0.15, 0.2) is 42.7 Å². The Bertz CT molecular complexity index is 429. The summed E-state index contributed by atoms with van der Waals surface area (Å²) < 4.78 is 2.28. The monoisotopic (exact) mass is 214 g/mol. The van der Waals surface area contributed by atoms with E-state index in [4.69, 9.17) is 0 Å². The first-order valence-corrected chi connectivity index (χ1v) is 5.79. The second-order valence-electron chi connectivity index (χ2n) is 4.55. The highest BCUT2D eigenvalue weighted by Gasteiger charge is 2.04. The molecule has 0 spiro atoms. The molecule has 0 aromatic carbocycles. The van der Waals surface area contributed by atoms with Crippen LogP contribution in [0.4, 0.5) is 0 Å². The van der Waals surface area contributed by atoms with E-state index in [-0.39, 0.29) is 0 Å². The predicted molar refractivity (Wildman–Crippen MR) is 66.3 cm³/mol.